The van der Waals surface area contributed by atoms with Crippen LogP contribution in [0.4, 0.5) is 0 Å². The number of carbonyl (C=O) groups excluding carboxylic acids is 2. The number of amides is 2. The fourth-order valence-corrected chi connectivity index (χ4v) is 2.05. The molecule has 2 aromatic carbocycles. The highest BCUT2D eigenvalue weighted by Gasteiger charge is 2.13. The molecule has 0 aromatic heterocycles. The highest BCUT2D eigenvalue weighted by molar-refractivity contribution is 7.80. The Kier molecular flexibility index (Phi) is 6.67. The lowest BCUT2D eigenvalue weighted by molar-refractivity contribution is 0.0931. The van der Waals surface area contributed by atoms with E-state index in [4.69, 9.17) is 17.0 Å². The van der Waals surface area contributed by atoms with E-state index in [9.17, 15) is 9.59 Å². The first kappa shape index (κ1) is 18.2. The van der Waals surface area contributed by atoms with Gasteiger partial charge in [0.1, 0.15) is 12.4 Å². The van der Waals surface area contributed by atoms with Crippen molar-refractivity contribution in [3.05, 3.63) is 78.4 Å². The van der Waals surface area contributed by atoms with Crippen molar-refractivity contribution in [1.29, 1.82) is 0 Å². The molecule has 0 spiro atoms. The van der Waals surface area contributed by atoms with Crippen molar-refractivity contribution in [2.45, 2.75) is 0 Å². The van der Waals surface area contributed by atoms with Crippen molar-refractivity contribution in [2.24, 2.45) is 0 Å². The van der Waals surface area contributed by atoms with Gasteiger partial charge in [-0.05, 0) is 36.5 Å². The fraction of sp³-hybridized carbons (Fsp3) is 0.0556. The van der Waals surface area contributed by atoms with Gasteiger partial charge in [-0.1, -0.05) is 43.0 Å². The lowest BCUT2D eigenvalue weighted by Crippen LogP contribution is -2.48. The van der Waals surface area contributed by atoms with Gasteiger partial charge in [-0.25, -0.2) is 0 Å². The minimum Gasteiger partial charge on any atom is -0.489 e. The summed E-state index contributed by atoms with van der Waals surface area (Å²) < 4.78 is 5.43. The van der Waals surface area contributed by atoms with E-state index in [0.717, 1.165) is 0 Å². The molecule has 3 N–H and O–H groups in total. The van der Waals surface area contributed by atoms with Crippen LogP contribution in [0.15, 0.2) is 67.3 Å². The number of carbonyl (C=O) groups is 2. The number of thiocarbonyl (C=S) groups is 1. The predicted octanol–water partition coefficient (Wildman–Crippen LogP) is 2.20. The highest BCUT2D eigenvalue weighted by Crippen LogP contribution is 2.17. The number of hydrazine groups is 1. The zero-order valence-electron chi connectivity index (χ0n) is 13.3. The van der Waals surface area contributed by atoms with Crippen molar-refractivity contribution in [3.8, 4) is 5.75 Å². The summed E-state index contributed by atoms with van der Waals surface area (Å²) in [6.45, 7) is 3.85. The predicted molar refractivity (Wildman–Crippen MR) is 99.2 cm³/mol. The Labute approximate surface area is 150 Å². The number of hydrogen-bond acceptors (Lipinski definition) is 4. The molecular weight excluding hydrogens is 338 g/mol. The van der Waals surface area contributed by atoms with Crippen LogP contribution in [0, 0.1) is 0 Å². The summed E-state index contributed by atoms with van der Waals surface area (Å²) in [5.41, 5.74) is 5.70. The molecule has 0 heterocycles. The Morgan fingerprint density at radius 2 is 1.68 bits per heavy atom. The highest BCUT2D eigenvalue weighted by atomic mass is 32.1. The molecule has 7 heteroatoms. The quantitative estimate of drug-likeness (QED) is 0.435. The first-order valence-electron chi connectivity index (χ1n) is 7.41. The van der Waals surface area contributed by atoms with Crippen LogP contribution in [0.1, 0.15) is 20.7 Å². The Morgan fingerprint density at radius 3 is 2.40 bits per heavy atom. The largest absolute Gasteiger partial charge is 0.489 e. The van der Waals surface area contributed by atoms with Crippen LogP contribution < -0.4 is 20.9 Å². The lowest BCUT2D eigenvalue weighted by atomic mass is 10.2. The van der Waals surface area contributed by atoms with Gasteiger partial charge in [0.25, 0.3) is 11.8 Å². The van der Waals surface area contributed by atoms with Crippen LogP contribution in [-0.4, -0.2) is 23.5 Å². The molecule has 2 aromatic rings. The summed E-state index contributed by atoms with van der Waals surface area (Å²) >= 11 is 5.00. The number of ether oxygens (including phenoxy) is 1. The molecule has 0 bridgehead atoms. The van der Waals surface area contributed by atoms with Crippen molar-refractivity contribution < 1.29 is 14.3 Å². The van der Waals surface area contributed by atoms with Gasteiger partial charge in [-0.3, -0.25) is 25.8 Å². The lowest BCUT2D eigenvalue weighted by Gasteiger charge is -2.13. The molecule has 128 valence electrons. The van der Waals surface area contributed by atoms with Crippen LogP contribution in [0.25, 0.3) is 0 Å². The monoisotopic (exact) mass is 355 g/mol. The third-order valence-corrected chi connectivity index (χ3v) is 3.25. The Balaban J connectivity index is 1.90. The summed E-state index contributed by atoms with van der Waals surface area (Å²) in [6.07, 6.45) is 1.58. The topological polar surface area (TPSA) is 79.5 Å². The molecule has 2 amide bonds. The maximum Gasteiger partial charge on any atom is 0.273 e. The second-order valence-electron chi connectivity index (χ2n) is 4.82. The first-order valence-corrected chi connectivity index (χ1v) is 7.82. The van der Waals surface area contributed by atoms with Crippen LogP contribution >= 0.6 is 12.2 Å². The summed E-state index contributed by atoms with van der Waals surface area (Å²) in [5, 5.41) is 2.45. The van der Waals surface area contributed by atoms with Gasteiger partial charge in [0.2, 0.25) is 0 Å². The van der Waals surface area contributed by atoms with Gasteiger partial charge >= 0.3 is 0 Å². The number of para-hydroxylation sites is 1. The van der Waals surface area contributed by atoms with Crippen LogP contribution in [-0.2, 0) is 0 Å². The van der Waals surface area contributed by atoms with E-state index in [-0.39, 0.29) is 17.6 Å². The van der Waals surface area contributed by atoms with Crippen molar-refractivity contribution >= 4 is 29.1 Å². The van der Waals surface area contributed by atoms with E-state index in [1.165, 1.54) is 0 Å². The van der Waals surface area contributed by atoms with E-state index in [1.807, 2.05) is 0 Å². The molecule has 0 atom stereocenters. The SMILES string of the molecule is C=CCOc1ccccc1C(=O)NNC(=S)NC(=O)c1ccccc1. The summed E-state index contributed by atoms with van der Waals surface area (Å²) in [5.74, 6) is -0.404. The van der Waals surface area contributed by atoms with Crippen LogP contribution in [0.5, 0.6) is 5.75 Å². The number of benzene rings is 2. The van der Waals surface area contributed by atoms with Gasteiger partial charge in [0.15, 0.2) is 5.11 Å². The Bertz CT molecular complexity index is 778. The molecule has 0 unspecified atom stereocenters. The van der Waals surface area contributed by atoms with Crippen molar-refractivity contribution in [2.75, 3.05) is 6.61 Å². The molecule has 2 rings (SSSR count). The van der Waals surface area contributed by atoms with Gasteiger partial charge < -0.3 is 4.74 Å². The Morgan fingerprint density at radius 1 is 1.00 bits per heavy atom. The van der Waals surface area contributed by atoms with Crippen molar-refractivity contribution in [3.63, 3.8) is 0 Å². The molecule has 0 aliphatic rings. The minimum absolute atomic E-state index is 0.0216. The number of hydrogen-bond donors (Lipinski definition) is 3. The number of nitrogens with one attached hydrogen (secondary N) is 3. The van der Waals surface area contributed by atoms with E-state index < -0.39 is 5.91 Å². The maximum absolute atomic E-state index is 12.2. The fourth-order valence-electron chi connectivity index (χ4n) is 1.91. The molecule has 0 radical (unpaired) electrons. The molecule has 0 saturated heterocycles. The van der Waals surface area contributed by atoms with Crippen molar-refractivity contribution in [1.82, 2.24) is 16.2 Å². The van der Waals surface area contributed by atoms with Gasteiger partial charge in [0, 0.05) is 5.56 Å². The molecular formula is C18H17N3O3S. The molecule has 25 heavy (non-hydrogen) atoms. The summed E-state index contributed by atoms with van der Waals surface area (Å²) in [6, 6.07) is 15.4. The third kappa shape index (κ3) is 5.43. The van der Waals surface area contributed by atoms with Crippen LogP contribution in [0.2, 0.25) is 0 Å². The molecule has 0 aliphatic carbocycles. The molecule has 0 aliphatic heterocycles. The average molecular weight is 355 g/mol. The normalized spacial score (nSPS) is 9.60. The smallest absolute Gasteiger partial charge is 0.273 e. The van der Waals surface area contributed by atoms with Gasteiger partial charge in [0.05, 0.1) is 5.56 Å². The van der Waals surface area contributed by atoms with E-state index >= 15 is 0 Å². The second kappa shape index (κ2) is 9.19. The maximum atomic E-state index is 12.2. The zero-order chi connectivity index (χ0) is 18.1. The molecule has 6 nitrogen and oxygen atoms in total. The summed E-state index contributed by atoms with van der Waals surface area (Å²) in [7, 11) is 0. The van der Waals surface area contributed by atoms with Gasteiger partial charge in [-0.15, -0.1) is 0 Å². The number of rotatable bonds is 5. The Hall–Kier alpha value is -3.19. The van der Waals surface area contributed by atoms with E-state index in [0.29, 0.717) is 16.9 Å². The van der Waals surface area contributed by atoms with Gasteiger partial charge in [-0.2, -0.15) is 0 Å². The minimum atomic E-state index is -0.448. The van der Waals surface area contributed by atoms with Crippen LogP contribution in [0.3, 0.4) is 0 Å². The second-order valence-corrected chi connectivity index (χ2v) is 5.23. The first-order chi connectivity index (χ1) is 12.1. The summed E-state index contributed by atoms with van der Waals surface area (Å²) in [4.78, 5) is 24.2. The standard InChI is InChI=1S/C18H17N3O3S/c1-2-12-24-15-11-7-6-10-14(15)17(23)20-21-18(25)19-16(22)13-8-4-3-5-9-13/h2-11H,1,12H2,(H,20,23)(H2,19,21,22,25). The van der Waals surface area contributed by atoms with E-state index in [1.54, 1.807) is 60.7 Å². The zero-order valence-corrected chi connectivity index (χ0v) is 14.1. The average Bonchev–Trinajstić information content (AvgIpc) is 2.65. The third-order valence-electron chi connectivity index (χ3n) is 3.04. The molecule has 0 saturated carbocycles. The molecule has 0 fully saturated rings. The van der Waals surface area contributed by atoms with E-state index in [2.05, 4.69) is 22.7 Å².